The van der Waals surface area contributed by atoms with Crippen LogP contribution in [0.4, 0.5) is 0 Å². The summed E-state index contributed by atoms with van der Waals surface area (Å²) in [6.45, 7) is 10.0. The van der Waals surface area contributed by atoms with Gasteiger partial charge in [0, 0.05) is 26.2 Å². The van der Waals surface area contributed by atoms with E-state index in [4.69, 9.17) is 4.74 Å². The fourth-order valence-electron chi connectivity index (χ4n) is 3.49. The highest BCUT2D eigenvalue weighted by atomic mass is 16.5. The Morgan fingerprint density at radius 1 is 1.05 bits per heavy atom. The number of ether oxygens (including phenoxy) is 1. The lowest BCUT2D eigenvalue weighted by Crippen LogP contribution is -2.42. The first-order valence-electron chi connectivity index (χ1n) is 8.84. The van der Waals surface area contributed by atoms with Crippen LogP contribution in [0.2, 0.25) is 0 Å². The molecule has 0 radical (unpaired) electrons. The van der Waals surface area contributed by atoms with E-state index in [1.54, 1.807) is 0 Å². The highest BCUT2D eigenvalue weighted by Gasteiger charge is 2.24. The lowest BCUT2D eigenvalue weighted by molar-refractivity contribution is -0.140. The lowest BCUT2D eigenvalue weighted by atomic mass is 9.94. The molecule has 0 aromatic rings. The number of carbonyl (C=O) groups is 1. The zero-order chi connectivity index (χ0) is 15.1. The molecule has 21 heavy (non-hydrogen) atoms. The van der Waals surface area contributed by atoms with Crippen molar-refractivity contribution in [2.24, 2.45) is 5.92 Å². The third kappa shape index (κ3) is 5.26. The molecule has 0 aliphatic carbocycles. The Kier molecular flexibility index (Phi) is 6.97. The van der Waals surface area contributed by atoms with E-state index in [-0.39, 0.29) is 18.6 Å². The molecule has 0 N–H and O–H groups in total. The molecule has 2 aliphatic rings. The van der Waals surface area contributed by atoms with Crippen LogP contribution in [-0.2, 0) is 9.53 Å². The van der Waals surface area contributed by atoms with Gasteiger partial charge in [-0.2, -0.15) is 0 Å². The topological polar surface area (TPSA) is 32.8 Å². The van der Waals surface area contributed by atoms with Crippen LogP contribution >= 0.6 is 0 Å². The summed E-state index contributed by atoms with van der Waals surface area (Å²) in [5, 5.41) is 0. The van der Waals surface area contributed by atoms with Crippen LogP contribution in [0.5, 0.6) is 0 Å². The van der Waals surface area contributed by atoms with E-state index >= 15 is 0 Å². The van der Waals surface area contributed by atoms with Crippen molar-refractivity contribution in [2.75, 3.05) is 39.3 Å². The largest absolute Gasteiger partial charge is 0.368 e. The Labute approximate surface area is 129 Å². The number of likely N-dealkylation sites (tertiary alicyclic amines) is 2. The Balaban J connectivity index is 1.61. The van der Waals surface area contributed by atoms with Crippen LogP contribution in [0.15, 0.2) is 0 Å². The van der Waals surface area contributed by atoms with Crippen molar-refractivity contribution >= 4 is 5.91 Å². The Bertz CT molecular complexity index is 306. The molecule has 2 saturated heterocycles. The minimum Gasteiger partial charge on any atom is -0.368 e. The van der Waals surface area contributed by atoms with Crippen LogP contribution in [0, 0.1) is 5.92 Å². The van der Waals surface area contributed by atoms with Crippen molar-refractivity contribution in [1.29, 1.82) is 0 Å². The molecule has 122 valence electrons. The van der Waals surface area contributed by atoms with Gasteiger partial charge < -0.3 is 14.5 Å². The number of hydrogen-bond donors (Lipinski definition) is 0. The predicted octanol–water partition coefficient (Wildman–Crippen LogP) is 2.53. The summed E-state index contributed by atoms with van der Waals surface area (Å²) in [5.74, 6) is 1.01. The first-order valence-corrected chi connectivity index (χ1v) is 8.84. The van der Waals surface area contributed by atoms with E-state index in [1.165, 1.54) is 19.4 Å². The summed E-state index contributed by atoms with van der Waals surface area (Å²) in [4.78, 5) is 16.7. The van der Waals surface area contributed by atoms with Crippen LogP contribution in [0.3, 0.4) is 0 Å². The number of hydrogen-bond acceptors (Lipinski definition) is 3. The number of carbonyl (C=O) groups excluding carboxylic acids is 1. The normalized spacial score (nSPS) is 22.7. The summed E-state index contributed by atoms with van der Waals surface area (Å²) < 4.78 is 5.86. The minimum atomic E-state index is 0.195. The van der Waals surface area contributed by atoms with Gasteiger partial charge in [-0.05, 0) is 44.6 Å². The monoisotopic (exact) mass is 296 g/mol. The highest BCUT2D eigenvalue weighted by molar-refractivity contribution is 5.77. The van der Waals surface area contributed by atoms with Crippen molar-refractivity contribution < 1.29 is 9.53 Å². The molecular weight excluding hydrogens is 264 g/mol. The van der Waals surface area contributed by atoms with Crippen molar-refractivity contribution in [1.82, 2.24) is 9.80 Å². The van der Waals surface area contributed by atoms with Gasteiger partial charge in [0.1, 0.15) is 6.61 Å². The summed E-state index contributed by atoms with van der Waals surface area (Å²) in [7, 11) is 0. The molecule has 2 aliphatic heterocycles. The standard InChI is InChI=1S/C17H32N2O2/c1-3-9-18-10-7-16(8-11-18)21-14-17(20)19-12-5-15(4-2)6-13-19/h15-16H,3-14H2,1-2H3. The Hall–Kier alpha value is -0.610. The van der Waals surface area contributed by atoms with Crippen molar-refractivity contribution in [3.63, 3.8) is 0 Å². The third-order valence-electron chi connectivity index (χ3n) is 5.06. The van der Waals surface area contributed by atoms with Gasteiger partial charge in [-0.15, -0.1) is 0 Å². The van der Waals surface area contributed by atoms with Gasteiger partial charge in [0.25, 0.3) is 0 Å². The molecule has 0 bridgehead atoms. The lowest BCUT2D eigenvalue weighted by Gasteiger charge is -2.33. The van der Waals surface area contributed by atoms with E-state index in [0.29, 0.717) is 0 Å². The molecule has 2 heterocycles. The van der Waals surface area contributed by atoms with Crippen LogP contribution < -0.4 is 0 Å². The van der Waals surface area contributed by atoms with Gasteiger partial charge in [0.05, 0.1) is 6.10 Å². The van der Waals surface area contributed by atoms with E-state index in [0.717, 1.165) is 57.8 Å². The summed E-state index contributed by atoms with van der Waals surface area (Å²) >= 11 is 0. The average molecular weight is 296 g/mol. The Morgan fingerprint density at radius 3 is 2.29 bits per heavy atom. The third-order valence-corrected chi connectivity index (χ3v) is 5.06. The first-order chi connectivity index (χ1) is 10.2. The second-order valence-corrected chi connectivity index (χ2v) is 6.58. The Morgan fingerprint density at radius 2 is 1.71 bits per heavy atom. The number of nitrogens with zero attached hydrogens (tertiary/aromatic N) is 2. The SMILES string of the molecule is CCCN1CCC(OCC(=O)N2CCC(CC)CC2)CC1. The van der Waals surface area contributed by atoms with Gasteiger partial charge in [-0.25, -0.2) is 0 Å². The predicted molar refractivity (Wildman–Crippen MR) is 85.3 cm³/mol. The fourth-order valence-corrected chi connectivity index (χ4v) is 3.49. The van der Waals surface area contributed by atoms with Gasteiger partial charge in [-0.3, -0.25) is 4.79 Å². The van der Waals surface area contributed by atoms with Gasteiger partial charge >= 0.3 is 0 Å². The quantitative estimate of drug-likeness (QED) is 0.755. The van der Waals surface area contributed by atoms with Crippen molar-refractivity contribution in [2.45, 2.75) is 58.5 Å². The molecule has 0 unspecified atom stereocenters. The van der Waals surface area contributed by atoms with Gasteiger partial charge in [0.2, 0.25) is 5.91 Å². The fraction of sp³-hybridized carbons (Fsp3) is 0.941. The molecule has 2 fully saturated rings. The molecule has 0 spiro atoms. The van der Waals surface area contributed by atoms with Gasteiger partial charge in [-0.1, -0.05) is 20.3 Å². The smallest absolute Gasteiger partial charge is 0.248 e. The minimum absolute atomic E-state index is 0.195. The molecule has 0 saturated carbocycles. The van der Waals surface area contributed by atoms with Crippen molar-refractivity contribution in [3.8, 4) is 0 Å². The molecule has 4 heteroatoms. The zero-order valence-electron chi connectivity index (χ0n) is 13.9. The average Bonchev–Trinajstić information content (AvgIpc) is 2.54. The van der Waals surface area contributed by atoms with E-state index < -0.39 is 0 Å². The molecule has 2 rings (SSSR count). The maximum Gasteiger partial charge on any atom is 0.248 e. The first kappa shape index (κ1) is 16.8. The molecular formula is C17H32N2O2. The number of amides is 1. The molecule has 0 atom stereocenters. The maximum atomic E-state index is 12.2. The number of rotatable bonds is 6. The summed E-state index contributed by atoms with van der Waals surface area (Å²) in [6, 6.07) is 0. The zero-order valence-corrected chi connectivity index (χ0v) is 13.9. The van der Waals surface area contributed by atoms with E-state index in [1.807, 2.05) is 4.90 Å². The van der Waals surface area contributed by atoms with E-state index in [2.05, 4.69) is 18.7 Å². The highest BCUT2D eigenvalue weighted by Crippen LogP contribution is 2.20. The second kappa shape index (κ2) is 8.74. The second-order valence-electron chi connectivity index (χ2n) is 6.58. The summed E-state index contributed by atoms with van der Waals surface area (Å²) in [5.41, 5.74) is 0. The maximum absolute atomic E-state index is 12.2. The van der Waals surface area contributed by atoms with Crippen LogP contribution in [-0.4, -0.2) is 61.1 Å². The van der Waals surface area contributed by atoms with E-state index in [9.17, 15) is 4.79 Å². The number of piperidine rings is 2. The molecule has 4 nitrogen and oxygen atoms in total. The van der Waals surface area contributed by atoms with Gasteiger partial charge in [0.15, 0.2) is 0 Å². The molecule has 0 aromatic carbocycles. The van der Waals surface area contributed by atoms with Crippen LogP contribution in [0.1, 0.15) is 52.4 Å². The molecule has 0 aromatic heterocycles. The summed E-state index contributed by atoms with van der Waals surface area (Å²) in [6.07, 6.45) is 7.23. The van der Waals surface area contributed by atoms with Crippen LogP contribution in [0.25, 0.3) is 0 Å². The molecule has 1 amide bonds. The van der Waals surface area contributed by atoms with Crippen molar-refractivity contribution in [3.05, 3.63) is 0 Å².